The highest BCUT2D eigenvalue weighted by molar-refractivity contribution is 5.87. The second-order valence-corrected chi connectivity index (χ2v) is 6.58. The van der Waals surface area contributed by atoms with Crippen LogP contribution in [0.2, 0.25) is 0 Å². The molecule has 0 radical (unpaired) electrons. The maximum absolute atomic E-state index is 12.5. The van der Waals surface area contributed by atoms with Crippen molar-refractivity contribution in [2.45, 2.75) is 76.8 Å². The van der Waals surface area contributed by atoms with Gasteiger partial charge >= 0.3 is 12.0 Å². The Kier molecular flexibility index (Phi) is 5.12. The Labute approximate surface area is 127 Å². The lowest BCUT2D eigenvalue weighted by Gasteiger charge is -2.36. The number of hydrogen-bond acceptors (Lipinski definition) is 2. The molecule has 2 unspecified atom stereocenters. The number of likely N-dealkylation sites (tertiary alicyclic amines) is 1. The predicted octanol–water partition coefficient (Wildman–Crippen LogP) is 2.99. The summed E-state index contributed by atoms with van der Waals surface area (Å²) >= 11 is 0. The van der Waals surface area contributed by atoms with Crippen molar-refractivity contribution in [3.63, 3.8) is 0 Å². The Hall–Kier alpha value is -1.26. The van der Waals surface area contributed by atoms with Crippen molar-refractivity contribution in [2.24, 2.45) is 5.92 Å². The van der Waals surface area contributed by atoms with Crippen LogP contribution in [0.5, 0.6) is 0 Å². The number of nitrogens with one attached hydrogen (secondary N) is 1. The molecule has 0 spiro atoms. The van der Waals surface area contributed by atoms with Crippen LogP contribution >= 0.6 is 0 Å². The van der Waals surface area contributed by atoms with Gasteiger partial charge in [0, 0.05) is 12.6 Å². The summed E-state index contributed by atoms with van der Waals surface area (Å²) in [5, 5.41) is 12.6. The van der Waals surface area contributed by atoms with Gasteiger partial charge < -0.3 is 15.3 Å². The second-order valence-electron chi connectivity index (χ2n) is 6.58. The maximum Gasteiger partial charge on any atom is 0.329 e. The first kappa shape index (κ1) is 16.1. The van der Waals surface area contributed by atoms with E-state index in [2.05, 4.69) is 12.2 Å². The Morgan fingerprint density at radius 2 is 1.95 bits per heavy atom. The van der Waals surface area contributed by atoms with Crippen molar-refractivity contribution in [1.82, 2.24) is 10.2 Å². The van der Waals surface area contributed by atoms with Crippen molar-refractivity contribution < 1.29 is 14.7 Å². The van der Waals surface area contributed by atoms with Gasteiger partial charge in [-0.15, -0.1) is 0 Å². The number of amides is 2. The van der Waals surface area contributed by atoms with Crippen molar-refractivity contribution in [3.05, 3.63) is 0 Å². The number of carboxylic acid groups (broad SMARTS) is 1. The fourth-order valence-corrected chi connectivity index (χ4v) is 3.94. The van der Waals surface area contributed by atoms with Gasteiger partial charge in [-0.1, -0.05) is 26.2 Å². The minimum Gasteiger partial charge on any atom is -0.479 e. The number of carbonyl (C=O) groups excluding carboxylic acids is 1. The fourth-order valence-electron chi connectivity index (χ4n) is 3.94. The first-order valence-electron chi connectivity index (χ1n) is 8.33. The molecular weight excluding hydrogens is 268 g/mol. The van der Waals surface area contributed by atoms with Crippen LogP contribution in [0.3, 0.4) is 0 Å². The molecule has 120 valence electrons. The van der Waals surface area contributed by atoms with Gasteiger partial charge in [0.25, 0.3) is 0 Å². The third-order valence-corrected chi connectivity index (χ3v) is 5.42. The Morgan fingerprint density at radius 1 is 1.29 bits per heavy atom. The standard InChI is InChI=1S/C16H28N2O3/c1-3-16(14(19)20)10-7-11-18(16)15(21)17-12(2)13-8-5-4-6-9-13/h12-13H,3-11H2,1-2H3,(H,17,21)(H,19,20). The van der Waals surface area contributed by atoms with Crippen LogP contribution in [0.25, 0.3) is 0 Å². The van der Waals surface area contributed by atoms with Gasteiger partial charge in [0.15, 0.2) is 0 Å². The van der Waals surface area contributed by atoms with E-state index >= 15 is 0 Å². The summed E-state index contributed by atoms with van der Waals surface area (Å²) in [6.45, 7) is 4.45. The van der Waals surface area contributed by atoms with Crippen LogP contribution in [0.15, 0.2) is 0 Å². The van der Waals surface area contributed by atoms with E-state index in [0.717, 1.165) is 6.42 Å². The average molecular weight is 296 g/mol. The third-order valence-electron chi connectivity index (χ3n) is 5.42. The summed E-state index contributed by atoms with van der Waals surface area (Å²) < 4.78 is 0. The molecule has 5 nitrogen and oxygen atoms in total. The molecule has 1 aliphatic carbocycles. The number of carbonyl (C=O) groups is 2. The van der Waals surface area contributed by atoms with Crippen LogP contribution in [-0.4, -0.2) is 40.1 Å². The zero-order valence-corrected chi connectivity index (χ0v) is 13.2. The quantitative estimate of drug-likeness (QED) is 0.838. The highest BCUT2D eigenvalue weighted by atomic mass is 16.4. The number of aliphatic carboxylic acids is 1. The molecule has 2 rings (SSSR count). The van der Waals surface area contributed by atoms with Gasteiger partial charge in [-0.25, -0.2) is 9.59 Å². The average Bonchev–Trinajstić information content (AvgIpc) is 2.93. The molecular formula is C16H28N2O3. The second kappa shape index (κ2) is 6.67. The molecule has 0 aromatic carbocycles. The molecule has 0 bridgehead atoms. The maximum atomic E-state index is 12.5. The highest BCUT2D eigenvalue weighted by Crippen LogP contribution is 2.33. The number of rotatable bonds is 4. The summed E-state index contributed by atoms with van der Waals surface area (Å²) in [4.78, 5) is 25.7. The molecule has 1 saturated carbocycles. The first-order chi connectivity index (χ1) is 10.0. The SMILES string of the molecule is CCC1(C(=O)O)CCCN1C(=O)NC(C)C1CCCCC1. The summed E-state index contributed by atoms with van der Waals surface area (Å²) in [6, 6.07) is -0.0726. The molecule has 2 amide bonds. The number of hydrogen-bond donors (Lipinski definition) is 2. The molecule has 2 atom stereocenters. The van der Waals surface area contributed by atoms with Gasteiger partial charge in [0.1, 0.15) is 5.54 Å². The Morgan fingerprint density at radius 3 is 2.52 bits per heavy atom. The molecule has 2 N–H and O–H groups in total. The summed E-state index contributed by atoms with van der Waals surface area (Å²) in [5.74, 6) is -0.339. The molecule has 1 saturated heterocycles. The lowest BCUT2D eigenvalue weighted by atomic mass is 9.84. The van der Waals surface area contributed by atoms with Gasteiger partial charge in [0.05, 0.1) is 0 Å². The monoisotopic (exact) mass is 296 g/mol. The van der Waals surface area contributed by atoms with Crippen molar-refractivity contribution in [1.29, 1.82) is 0 Å². The molecule has 2 fully saturated rings. The highest BCUT2D eigenvalue weighted by Gasteiger charge is 2.48. The summed E-state index contributed by atoms with van der Waals surface area (Å²) in [7, 11) is 0. The Bertz CT molecular complexity index is 393. The van der Waals surface area contributed by atoms with E-state index in [1.165, 1.54) is 32.1 Å². The minimum atomic E-state index is -1.00. The van der Waals surface area contributed by atoms with Gasteiger partial charge in [0.2, 0.25) is 0 Å². The topological polar surface area (TPSA) is 69.6 Å². The molecule has 2 aliphatic rings. The minimum absolute atomic E-state index is 0.127. The van der Waals surface area contributed by atoms with Gasteiger partial charge in [-0.2, -0.15) is 0 Å². The number of nitrogens with zero attached hydrogens (tertiary/aromatic N) is 1. The van der Waals surface area contributed by atoms with E-state index in [9.17, 15) is 14.7 Å². The molecule has 1 heterocycles. The molecule has 0 aromatic heterocycles. The van der Waals surface area contributed by atoms with Crippen LogP contribution in [0, 0.1) is 5.92 Å². The zero-order valence-electron chi connectivity index (χ0n) is 13.2. The van der Waals surface area contributed by atoms with Gasteiger partial charge in [-0.05, 0) is 44.9 Å². The first-order valence-corrected chi connectivity index (χ1v) is 8.33. The molecule has 1 aliphatic heterocycles. The van der Waals surface area contributed by atoms with Crippen molar-refractivity contribution >= 4 is 12.0 Å². The fraction of sp³-hybridized carbons (Fsp3) is 0.875. The van der Waals surface area contributed by atoms with E-state index < -0.39 is 11.5 Å². The van der Waals surface area contributed by atoms with E-state index in [4.69, 9.17) is 0 Å². The van der Waals surface area contributed by atoms with Crippen LogP contribution < -0.4 is 5.32 Å². The predicted molar refractivity (Wildman–Crippen MR) is 81.2 cm³/mol. The van der Waals surface area contributed by atoms with Crippen molar-refractivity contribution in [2.75, 3.05) is 6.54 Å². The van der Waals surface area contributed by atoms with Crippen LogP contribution in [0.1, 0.15) is 65.2 Å². The summed E-state index contributed by atoms with van der Waals surface area (Å²) in [6.07, 6.45) is 7.90. The van der Waals surface area contributed by atoms with E-state index in [1.807, 2.05) is 6.92 Å². The molecule has 5 heteroatoms. The zero-order chi connectivity index (χ0) is 15.5. The summed E-state index contributed by atoms with van der Waals surface area (Å²) in [5.41, 5.74) is -1.00. The lowest BCUT2D eigenvalue weighted by molar-refractivity contribution is -0.148. The van der Waals surface area contributed by atoms with Gasteiger partial charge in [-0.3, -0.25) is 0 Å². The third kappa shape index (κ3) is 3.16. The van der Waals surface area contributed by atoms with E-state index in [1.54, 1.807) is 4.90 Å². The smallest absolute Gasteiger partial charge is 0.329 e. The molecule has 0 aromatic rings. The molecule has 21 heavy (non-hydrogen) atoms. The van der Waals surface area contributed by atoms with Crippen molar-refractivity contribution in [3.8, 4) is 0 Å². The largest absolute Gasteiger partial charge is 0.479 e. The van der Waals surface area contributed by atoms with E-state index in [-0.39, 0.29) is 12.1 Å². The number of carboxylic acids is 1. The lowest BCUT2D eigenvalue weighted by Crippen LogP contribution is -2.57. The van der Waals surface area contributed by atoms with Crippen LogP contribution in [-0.2, 0) is 4.79 Å². The van der Waals surface area contributed by atoms with E-state index in [0.29, 0.717) is 25.3 Å². The number of urea groups is 1. The Balaban J connectivity index is 2.00. The van der Waals surface area contributed by atoms with Crippen LogP contribution in [0.4, 0.5) is 4.79 Å². The normalized spacial score (nSPS) is 28.4.